The van der Waals surface area contributed by atoms with E-state index in [4.69, 9.17) is 15.6 Å². The van der Waals surface area contributed by atoms with E-state index in [0.717, 1.165) is 6.42 Å². The van der Waals surface area contributed by atoms with Crippen LogP contribution in [-0.2, 0) is 4.74 Å². The van der Waals surface area contributed by atoms with Crippen molar-refractivity contribution in [1.29, 1.82) is 0 Å². The van der Waals surface area contributed by atoms with Crippen molar-refractivity contribution < 1.29 is 14.6 Å². The molecule has 0 aromatic rings. The molecule has 0 aromatic carbocycles. The van der Waals surface area contributed by atoms with Crippen LogP contribution < -0.4 is 5.73 Å². The van der Waals surface area contributed by atoms with Crippen molar-refractivity contribution in [3.63, 3.8) is 0 Å². The number of carbonyl (C=O) groups is 1. The zero-order valence-corrected chi connectivity index (χ0v) is 7.77. The van der Waals surface area contributed by atoms with Crippen molar-refractivity contribution >= 4 is 6.09 Å². The number of rotatable bonds is 2. The van der Waals surface area contributed by atoms with E-state index in [2.05, 4.69) is 0 Å². The molecule has 1 saturated heterocycles. The van der Waals surface area contributed by atoms with Gasteiger partial charge < -0.3 is 20.5 Å². The lowest BCUT2D eigenvalue weighted by atomic mass is 9.94. The molecule has 1 rings (SSSR count). The third-order valence-corrected chi connectivity index (χ3v) is 2.57. The van der Waals surface area contributed by atoms with Crippen LogP contribution in [0.5, 0.6) is 0 Å². The van der Waals surface area contributed by atoms with Crippen LogP contribution >= 0.6 is 0 Å². The van der Waals surface area contributed by atoms with Crippen LogP contribution in [0.1, 0.15) is 6.42 Å². The van der Waals surface area contributed by atoms with Gasteiger partial charge >= 0.3 is 6.09 Å². The molecule has 1 aliphatic heterocycles. The standard InChI is InChI=1S/C8H16N2O3/c1-13-7-5-10(8(11)12)3-2-6(7)4-9/h6-7H,2-5,9H2,1H3,(H,11,12)/t6-,7+/m1/s1. The average molecular weight is 188 g/mol. The molecule has 0 saturated carbocycles. The third-order valence-electron chi connectivity index (χ3n) is 2.57. The van der Waals surface area contributed by atoms with Gasteiger partial charge in [0.2, 0.25) is 0 Å². The summed E-state index contributed by atoms with van der Waals surface area (Å²) in [5, 5.41) is 8.75. The maximum absolute atomic E-state index is 10.6. The largest absolute Gasteiger partial charge is 0.465 e. The highest BCUT2D eigenvalue weighted by Gasteiger charge is 2.30. The van der Waals surface area contributed by atoms with Crippen molar-refractivity contribution in [2.24, 2.45) is 11.7 Å². The molecule has 0 bridgehead atoms. The lowest BCUT2D eigenvalue weighted by Gasteiger charge is -2.35. The fourth-order valence-corrected chi connectivity index (χ4v) is 1.68. The van der Waals surface area contributed by atoms with Crippen molar-refractivity contribution in [3.05, 3.63) is 0 Å². The van der Waals surface area contributed by atoms with Crippen LogP contribution in [0, 0.1) is 5.92 Å². The topological polar surface area (TPSA) is 75.8 Å². The maximum Gasteiger partial charge on any atom is 0.407 e. The molecular weight excluding hydrogens is 172 g/mol. The Morgan fingerprint density at radius 3 is 2.92 bits per heavy atom. The molecule has 1 aliphatic rings. The summed E-state index contributed by atoms with van der Waals surface area (Å²) in [6, 6.07) is 0. The summed E-state index contributed by atoms with van der Waals surface area (Å²) < 4.78 is 5.19. The van der Waals surface area contributed by atoms with E-state index >= 15 is 0 Å². The molecule has 2 atom stereocenters. The molecule has 0 radical (unpaired) electrons. The SMILES string of the molecule is CO[C@H]1CN(C(=O)O)CC[C@@H]1CN. The number of amides is 1. The van der Waals surface area contributed by atoms with Gasteiger partial charge in [-0.05, 0) is 13.0 Å². The minimum Gasteiger partial charge on any atom is -0.465 e. The Morgan fingerprint density at radius 1 is 1.77 bits per heavy atom. The number of hydrogen-bond donors (Lipinski definition) is 2. The molecule has 0 unspecified atom stereocenters. The predicted molar refractivity (Wildman–Crippen MR) is 47.6 cm³/mol. The van der Waals surface area contributed by atoms with E-state index in [0.29, 0.717) is 25.6 Å². The summed E-state index contributed by atoms with van der Waals surface area (Å²) in [6.45, 7) is 1.57. The molecule has 0 aromatic heterocycles. The second-order valence-corrected chi connectivity index (χ2v) is 3.29. The molecule has 3 N–H and O–H groups in total. The molecule has 5 nitrogen and oxygen atoms in total. The predicted octanol–water partition coefficient (Wildman–Crippen LogP) is -0.0400. The molecular formula is C8H16N2O3. The van der Waals surface area contributed by atoms with Gasteiger partial charge in [0.05, 0.1) is 12.6 Å². The van der Waals surface area contributed by atoms with Crippen LogP contribution in [0.2, 0.25) is 0 Å². The summed E-state index contributed by atoms with van der Waals surface area (Å²) >= 11 is 0. The first-order valence-corrected chi connectivity index (χ1v) is 4.39. The number of methoxy groups -OCH3 is 1. The highest BCUT2D eigenvalue weighted by atomic mass is 16.5. The fraction of sp³-hybridized carbons (Fsp3) is 0.875. The van der Waals surface area contributed by atoms with Gasteiger partial charge in [-0.15, -0.1) is 0 Å². The van der Waals surface area contributed by atoms with Crippen LogP contribution in [0.25, 0.3) is 0 Å². The van der Waals surface area contributed by atoms with Gasteiger partial charge in [-0.3, -0.25) is 0 Å². The Labute approximate surface area is 77.5 Å². The average Bonchev–Trinajstić information content (AvgIpc) is 2.16. The Kier molecular flexibility index (Phi) is 3.50. The number of nitrogens with zero attached hydrogens (tertiary/aromatic N) is 1. The van der Waals surface area contributed by atoms with E-state index in [1.54, 1.807) is 7.11 Å². The summed E-state index contributed by atoms with van der Waals surface area (Å²) in [5.74, 6) is 0.292. The van der Waals surface area contributed by atoms with Crippen molar-refractivity contribution in [1.82, 2.24) is 4.90 Å². The first-order chi connectivity index (χ1) is 6.19. The van der Waals surface area contributed by atoms with Gasteiger partial charge in [-0.25, -0.2) is 4.79 Å². The summed E-state index contributed by atoms with van der Waals surface area (Å²) in [5.41, 5.74) is 5.54. The summed E-state index contributed by atoms with van der Waals surface area (Å²) in [4.78, 5) is 12.0. The fourth-order valence-electron chi connectivity index (χ4n) is 1.68. The lowest BCUT2D eigenvalue weighted by molar-refractivity contribution is -0.00341. The van der Waals surface area contributed by atoms with Crippen molar-refractivity contribution in [2.75, 3.05) is 26.7 Å². The number of piperidine rings is 1. The van der Waals surface area contributed by atoms with E-state index < -0.39 is 6.09 Å². The van der Waals surface area contributed by atoms with Gasteiger partial charge in [0.25, 0.3) is 0 Å². The lowest BCUT2D eigenvalue weighted by Crippen LogP contribution is -2.48. The Hall–Kier alpha value is -0.810. The first-order valence-electron chi connectivity index (χ1n) is 4.39. The van der Waals surface area contributed by atoms with Crippen LogP contribution in [-0.4, -0.2) is 48.9 Å². The quantitative estimate of drug-likeness (QED) is 0.637. The zero-order valence-electron chi connectivity index (χ0n) is 7.77. The van der Waals surface area contributed by atoms with Gasteiger partial charge in [0.15, 0.2) is 0 Å². The highest BCUT2D eigenvalue weighted by molar-refractivity contribution is 5.65. The molecule has 76 valence electrons. The number of carboxylic acid groups (broad SMARTS) is 1. The zero-order chi connectivity index (χ0) is 9.84. The molecule has 1 heterocycles. The van der Waals surface area contributed by atoms with Crippen molar-refractivity contribution in [3.8, 4) is 0 Å². The first kappa shape index (κ1) is 10.3. The van der Waals surface area contributed by atoms with Gasteiger partial charge in [0, 0.05) is 19.6 Å². The number of ether oxygens (including phenoxy) is 1. The monoisotopic (exact) mass is 188 g/mol. The number of likely N-dealkylation sites (tertiary alicyclic amines) is 1. The van der Waals surface area contributed by atoms with Gasteiger partial charge in [-0.1, -0.05) is 0 Å². The second-order valence-electron chi connectivity index (χ2n) is 3.29. The highest BCUT2D eigenvalue weighted by Crippen LogP contribution is 2.18. The van der Waals surface area contributed by atoms with Gasteiger partial charge in [-0.2, -0.15) is 0 Å². The Balaban J connectivity index is 2.52. The minimum absolute atomic E-state index is 0.0464. The molecule has 5 heteroatoms. The van der Waals surface area contributed by atoms with E-state index in [9.17, 15) is 4.79 Å². The number of nitrogens with two attached hydrogens (primary N) is 1. The van der Waals surface area contributed by atoms with E-state index in [-0.39, 0.29) is 6.10 Å². The molecule has 0 aliphatic carbocycles. The van der Waals surface area contributed by atoms with Crippen molar-refractivity contribution in [2.45, 2.75) is 12.5 Å². The second kappa shape index (κ2) is 4.43. The van der Waals surface area contributed by atoms with E-state index in [1.165, 1.54) is 4.90 Å². The maximum atomic E-state index is 10.6. The summed E-state index contributed by atoms with van der Waals surface area (Å²) in [6.07, 6.45) is -0.131. The van der Waals surface area contributed by atoms with Gasteiger partial charge in [0.1, 0.15) is 0 Å². The van der Waals surface area contributed by atoms with Crippen LogP contribution in [0.4, 0.5) is 4.79 Å². The molecule has 0 spiro atoms. The minimum atomic E-state index is -0.877. The summed E-state index contributed by atoms with van der Waals surface area (Å²) in [7, 11) is 1.60. The third kappa shape index (κ3) is 2.32. The molecule has 13 heavy (non-hydrogen) atoms. The smallest absolute Gasteiger partial charge is 0.407 e. The van der Waals surface area contributed by atoms with E-state index in [1.807, 2.05) is 0 Å². The molecule has 1 amide bonds. The number of hydrogen-bond acceptors (Lipinski definition) is 3. The Morgan fingerprint density at radius 2 is 2.46 bits per heavy atom. The van der Waals surface area contributed by atoms with Crippen LogP contribution in [0.3, 0.4) is 0 Å². The van der Waals surface area contributed by atoms with Crippen LogP contribution in [0.15, 0.2) is 0 Å². The normalized spacial score (nSPS) is 28.9. The Bertz CT molecular complexity index is 186. The molecule has 1 fully saturated rings.